The molecule has 1 unspecified atom stereocenters. The monoisotopic (exact) mass is 243 g/mol. The first-order valence-corrected chi connectivity index (χ1v) is 5.92. The quantitative estimate of drug-likeness (QED) is 0.840. The fourth-order valence-electron chi connectivity index (χ4n) is 1.82. The van der Waals surface area contributed by atoms with Crippen LogP contribution in [0.25, 0.3) is 0 Å². The van der Waals surface area contributed by atoms with Gasteiger partial charge in [-0.25, -0.2) is 4.39 Å². The molecule has 0 aromatic heterocycles. The van der Waals surface area contributed by atoms with E-state index in [-0.39, 0.29) is 22.3 Å². The van der Waals surface area contributed by atoms with E-state index in [1.165, 1.54) is 6.07 Å². The Labute approximate surface area is 102 Å². The summed E-state index contributed by atoms with van der Waals surface area (Å²) in [5.41, 5.74) is 1.10. The van der Waals surface area contributed by atoms with Crippen LogP contribution in [0.15, 0.2) is 18.2 Å². The smallest absolute Gasteiger partial charge is 0.141 e. The van der Waals surface area contributed by atoms with Crippen molar-refractivity contribution in [1.82, 2.24) is 5.32 Å². The van der Waals surface area contributed by atoms with Crippen molar-refractivity contribution in [3.63, 3.8) is 0 Å². The van der Waals surface area contributed by atoms with E-state index in [9.17, 15) is 4.39 Å². The van der Waals surface area contributed by atoms with Crippen molar-refractivity contribution in [3.05, 3.63) is 34.6 Å². The summed E-state index contributed by atoms with van der Waals surface area (Å²) in [4.78, 5) is 0. The van der Waals surface area contributed by atoms with Crippen LogP contribution < -0.4 is 5.32 Å². The van der Waals surface area contributed by atoms with Gasteiger partial charge in [0.1, 0.15) is 5.82 Å². The van der Waals surface area contributed by atoms with Gasteiger partial charge in [-0.15, -0.1) is 0 Å². The molecule has 1 nitrogen and oxygen atoms in total. The third-order valence-corrected chi connectivity index (χ3v) is 2.84. The fourth-order valence-corrected chi connectivity index (χ4v) is 2.01. The molecule has 1 atom stereocenters. The van der Waals surface area contributed by atoms with Crippen molar-refractivity contribution < 1.29 is 4.39 Å². The highest BCUT2D eigenvalue weighted by Crippen LogP contribution is 2.34. The second kappa shape index (κ2) is 5.15. The van der Waals surface area contributed by atoms with E-state index < -0.39 is 0 Å². The molecule has 1 rings (SSSR count). The molecule has 90 valence electrons. The Hall–Kier alpha value is -0.600. The van der Waals surface area contributed by atoms with Crippen LogP contribution in [-0.2, 0) is 0 Å². The van der Waals surface area contributed by atoms with Crippen LogP contribution in [0.5, 0.6) is 0 Å². The molecule has 0 radical (unpaired) electrons. The minimum atomic E-state index is -0.366. The van der Waals surface area contributed by atoms with Crippen LogP contribution >= 0.6 is 11.6 Å². The summed E-state index contributed by atoms with van der Waals surface area (Å²) in [5.74, 6) is -0.366. The SMILES string of the molecule is CCNC(c1ccc(F)c(Cl)c1)C(C)(C)C. The van der Waals surface area contributed by atoms with Crippen LogP contribution in [-0.4, -0.2) is 6.54 Å². The molecule has 0 aliphatic rings. The van der Waals surface area contributed by atoms with Crippen molar-refractivity contribution in [3.8, 4) is 0 Å². The fraction of sp³-hybridized carbons (Fsp3) is 0.538. The van der Waals surface area contributed by atoms with Gasteiger partial charge in [0, 0.05) is 6.04 Å². The molecule has 0 saturated carbocycles. The van der Waals surface area contributed by atoms with Crippen LogP contribution in [0.4, 0.5) is 4.39 Å². The van der Waals surface area contributed by atoms with Crippen LogP contribution in [0.2, 0.25) is 5.02 Å². The lowest BCUT2D eigenvalue weighted by Gasteiger charge is -2.32. The van der Waals surface area contributed by atoms with E-state index in [2.05, 4.69) is 33.0 Å². The minimum Gasteiger partial charge on any atom is -0.310 e. The molecular formula is C13H19ClFN. The second-order valence-electron chi connectivity index (χ2n) is 5.03. The van der Waals surface area contributed by atoms with E-state index in [0.717, 1.165) is 12.1 Å². The molecule has 3 heteroatoms. The van der Waals surface area contributed by atoms with Gasteiger partial charge < -0.3 is 5.32 Å². The van der Waals surface area contributed by atoms with E-state index >= 15 is 0 Å². The molecular weight excluding hydrogens is 225 g/mol. The van der Waals surface area contributed by atoms with Gasteiger partial charge in [-0.3, -0.25) is 0 Å². The van der Waals surface area contributed by atoms with Gasteiger partial charge in [0.15, 0.2) is 0 Å². The molecule has 16 heavy (non-hydrogen) atoms. The van der Waals surface area contributed by atoms with Gasteiger partial charge in [-0.1, -0.05) is 45.4 Å². The standard InChI is InChI=1S/C13H19ClFN/c1-5-16-12(13(2,3)4)9-6-7-11(15)10(14)8-9/h6-8,12,16H,5H2,1-4H3. The summed E-state index contributed by atoms with van der Waals surface area (Å²) in [5, 5.41) is 3.59. The molecule has 1 N–H and O–H groups in total. The van der Waals surface area contributed by atoms with E-state index in [0.29, 0.717) is 0 Å². The van der Waals surface area contributed by atoms with Gasteiger partial charge in [0.25, 0.3) is 0 Å². The van der Waals surface area contributed by atoms with E-state index in [1.54, 1.807) is 12.1 Å². The molecule has 0 bridgehead atoms. The molecule has 0 aliphatic heterocycles. The summed E-state index contributed by atoms with van der Waals surface area (Å²) >= 11 is 5.81. The molecule has 0 amide bonds. The number of rotatable bonds is 3. The minimum absolute atomic E-state index is 0.0666. The predicted octanol–water partition coefficient (Wildman–Crippen LogP) is 4.18. The normalized spacial score (nSPS) is 13.9. The zero-order chi connectivity index (χ0) is 12.3. The van der Waals surface area contributed by atoms with Gasteiger partial charge in [0.2, 0.25) is 0 Å². The maximum Gasteiger partial charge on any atom is 0.141 e. The van der Waals surface area contributed by atoms with Gasteiger partial charge in [0.05, 0.1) is 5.02 Å². The average Bonchev–Trinajstić information content (AvgIpc) is 2.17. The largest absolute Gasteiger partial charge is 0.310 e. The summed E-state index contributed by atoms with van der Waals surface area (Å²) in [6.45, 7) is 9.38. The lowest BCUT2D eigenvalue weighted by molar-refractivity contribution is 0.276. The Morgan fingerprint density at radius 3 is 2.44 bits per heavy atom. The average molecular weight is 244 g/mol. The van der Waals surface area contributed by atoms with Gasteiger partial charge in [-0.05, 0) is 29.7 Å². The molecule has 0 saturated heterocycles. The number of halogens is 2. The number of hydrogen-bond donors (Lipinski definition) is 1. The van der Waals surface area contributed by atoms with Gasteiger partial charge >= 0.3 is 0 Å². The third-order valence-electron chi connectivity index (χ3n) is 2.55. The predicted molar refractivity (Wildman–Crippen MR) is 67.3 cm³/mol. The Morgan fingerprint density at radius 1 is 1.38 bits per heavy atom. The van der Waals surface area contributed by atoms with E-state index in [4.69, 9.17) is 11.6 Å². The molecule has 1 aromatic rings. The summed E-state index contributed by atoms with van der Waals surface area (Å²) in [6, 6.07) is 5.10. The first-order valence-electron chi connectivity index (χ1n) is 5.54. The van der Waals surface area contributed by atoms with Crippen molar-refractivity contribution >= 4 is 11.6 Å². The van der Waals surface area contributed by atoms with Crippen molar-refractivity contribution in [2.24, 2.45) is 5.41 Å². The molecule has 0 heterocycles. The van der Waals surface area contributed by atoms with Crippen LogP contribution in [0, 0.1) is 11.2 Å². The summed E-state index contributed by atoms with van der Waals surface area (Å²) < 4.78 is 13.1. The highest BCUT2D eigenvalue weighted by Gasteiger charge is 2.25. The first-order chi connectivity index (χ1) is 7.36. The maximum absolute atomic E-state index is 13.1. The van der Waals surface area contributed by atoms with E-state index in [1.807, 2.05) is 0 Å². The van der Waals surface area contributed by atoms with Crippen molar-refractivity contribution in [1.29, 1.82) is 0 Å². The number of hydrogen-bond acceptors (Lipinski definition) is 1. The molecule has 0 spiro atoms. The Bertz CT molecular complexity index is 357. The summed E-state index contributed by atoms with van der Waals surface area (Å²) in [7, 11) is 0. The second-order valence-corrected chi connectivity index (χ2v) is 5.44. The Kier molecular flexibility index (Phi) is 4.34. The zero-order valence-electron chi connectivity index (χ0n) is 10.3. The van der Waals surface area contributed by atoms with Gasteiger partial charge in [-0.2, -0.15) is 0 Å². The zero-order valence-corrected chi connectivity index (χ0v) is 11.0. The topological polar surface area (TPSA) is 12.0 Å². The third kappa shape index (κ3) is 3.19. The Morgan fingerprint density at radius 2 is 2.00 bits per heavy atom. The molecule has 1 aromatic carbocycles. The van der Waals surface area contributed by atoms with Crippen molar-refractivity contribution in [2.45, 2.75) is 33.7 Å². The molecule has 0 aliphatic carbocycles. The number of benzene rings is 1. The van der Waals surface area contributed by atoms with Crippen LogP contribution in [0.3, 0.4) is 0 Å². The maximum atomic E-state index is 13.1. The molecule has 0 fully saturated rings. The first kappa shape index (κ1) is 13.5. The number of nitrogens with one attached hydrogen (secondary N) is 1. The highest BCUT2D eigenvalue weighted by molar-refractivity contribution is 6.30. The lowest BCUT2D eigenvalue weighted by atomic mass is 9.82. The summed E-state index contributed by atoms with van der Waals surface area (Å²) in [6.07, 6.45) is 0. The lowest BCUT2D eigenvalue weighted by Crippen LogP contribution is -2.32. The van der Waals surface area contributed by atoms with Crippen LogP contribution in [0.1, 0.15) is 39.3 Å². The Balaban J connectivity index is 3.06. The van der Waals surface area contributed by atoms with Crippen molar-refractivity contribution in [2.75, 3.05) is 6.54 Å². The highest BCUT2D eigenvalue weighted by atomic mass is 35.5.